The number of pyridine rings is 1. The summed E-state index contributed by atoms with van der Waals surface area (Å²) in [4.78, 5) is 32.0. The molecule has 2 fully saturated rings. The number of hydrogen-bond acceptors (Lipinski definition) is 4. The van der Waals surface area contributed by atoms with Gasteiger partial charge in [-0.3, -0.25) is 9.59 Å². The van der Waals surface area contributed by atoms with Crippen molar-refractivity contribution in [3.05, 3.63) is 53.7 Å². The highest BCUT2D eigenvalue weighted by atomic mass is 16.2. The third kappa shape index (κ3) is 5.84. The molecule has 4 rings (SSSR count). The Bertz CT molecular complexity index is 885. The van der Waals surface area contributed by atoms with Gasteiger partial charge >= 0.3 is 0 Å². The minimum absolute atomic E-state index is 0.0668. The summed E-state index contributed by atoms with van der Waals surface area (Å²) in [5.41, 5.74) is 2.19. The molecule has 2 aliphatic rings. The monoisotopic (exact) mass is 420 g/mol. The average Bonchev–Trinajstić information content (AvgIpc) is 2.84. The lowest BCUT2D eigenvalue weighted by Crippen LogP contribution is -2.30. The predicted molar refractivity (Wildman–Crippen MR) is 123 cm³/mol. The quantitative estimate of drug-likeness (QED) is 0.721. The van der Waals surface area contributed by atoms with Crippen molar-refractivity contribution < 1.29 is 9.59 Å². The summed E-state index contributed by atoms with van der Waals surface area (Å²) in [6.07, 6.45) is 10.9. The van der Waals surface area contributed by atoms with E-state index in [4.69, 9.17) is 0 Å². The van der Waals surface area contributed by atoms with E-state index in [-0.39, 0.29) is 17.7 Å². The number of carbonyl (C=O) groups is 2. The number of amides is 2. The van der Waals surface area contributed by atoms with Crippen molar-refractivity contribution in [2.24, 2.45) is 5.92 Å². The molecule has 2 heterocycles. The highest BCUT2D eigenvalue weighted by Crippen LogP contribution is 2.25. The highest BCUT2D eigenvalue weighted by molar-refractivity contribution is 5.97. The number of piperidine rings is 1. The van der Waals surface area contributed by atoms with E-state index in [0.29, 0.717) is 17.8 Å². The number of aromatic nitrogens is 1. The standard InChI is InChI=1S/C25H32N4O2/c30-24(27-18-19-12-13-23(26-17-19)29-14-5-2-6-15-29)21-10-7-11-22(16-21)28-25(31)20-8-3-1-4-9-20/h7,10-13,16-17,20H,1-6,8-9,14-15,18H2,(H,27,30)(H,28,31). The molecule has 6 heteroatoms. The number of hydrogen-bond donors (Lipinski definition) is 2. The smallest absolute Gasteiger partial charge is 0.251 e. The topological polar surface area (TPSA) is 74.3 Å². The number of rotatable bonds is 6. The number of nitrogens with zero attached hydrogens (tertiary/aromatic N) is 2. The van der Waals surface area contributed by atoms with Gasteiger partial charge in [-0.25, -0.2) is 4.98 Å². The Morgan fingerprint density at radius 2 is 1.74 bits per heavy atom. The second-order valence-electron chi connectivity index (χ2n) is 8.66. The van der Waals surface area contributed by atoms with Gasteiger partial charge in [-0.2, -0.15) is 0 Å². The fourth-order valence-electron chi connectivity index (χ4n) is 4.46. The first-order chi connectivity index (χ1) is 15.2. The van der Waals surface area contributed by atoms with Gasteiger partial charge < -0.3 is 15.5 Å². The second-order valence-corrected chi connectivity index (χ2v) is 8.66. The van der Waals surface area contributed by atoms with Crippen molar-refractivity contribution in [3.63, 3.8) is 0 Å². The first kappa shape index (κ1) is 21.3. The van der Waals surface area contributed by atoms with E-state index >= 15 is 0 Å². The van der Waals surface area contributed by atoms with Gasteiger partial charge in [0.05, 0.1) is 0 Å². The Labute approximate surface area is 184 Å². The molecule has 1 aliphatic heterocycles. The van der Waals surface area contributed by atoms with Crippen LogP contribution in [-0.2, 0) is 11.3 Å². The molecule has 1 aliphatic carbocycles. The van der Waals surface area contributed by atoms with Crippen LogP contribution in [0.15, 0.2) is 42.6 Å². The lowest BCUT2D eigenvalue weighted by atomic mass is 9.88. The van der Waals surface area contributed by atoms with Crippen molar-refractivity contribution in [3.8, 4) is 0 Å². The van der Waals surface area contributed by atoms with E-state index in [0.717, 1.165) is 50.2 Å². The predicted octanol–water partition coefficient (Wildman–Crippen LogP) is 4.52. The number of nitrogens with one attached hydrogen (secondary N) is 2. The normalized spacial score (nSPS) is 17.2. The summed E-state index contributed by atoms with van der Waals surface area (Å²) >= 11 is 0. The summed E-state index contributed by atoms with van der Waals surface area (Å²) in [7, 11) is 0. The molecule has 6 nitrogen and oxygen atoms in total. The lowest BCUT2D eigenvalue weighted by Gasteiger charge is -2.27. The molecule has 1 aromatic carbocycles. The van der Waals surface area contributed by atoms with Gasteiger partial charge in [-0.05, 0) is 61.9 Å². The summed E-state index contributed by atoms with van der Waals surface area (Å²) in [5, 5.41) is 5.94. The molecule has 1 saturated heterocycles. The van der Waals surface area contributed by atoms with Crippen molar-refractivity contribution in [1.29, 1.82) is 0 Å². The van der Waals surface area contributed by atoms with Gasteiger partial charge in [0, 0.05) is 43.0 Å². The summed E-state index contributed by atoms with van der Waals surface area (Å²) in [6.45, 7) is 2.55. The van der Waals surface area contributed by atoms with Gasteiger partial charge in [0.25, 0.3) is 5.91 Å². The minimum atomic E-state index is -0.158. The van der Waals surface area contributed by atoms with Crippen LogP contribution in [0.4, 0.5) is 11.5 Å². The third-order valence-corrected chi connectivity index (χ3v) is 6.31. The average molecular weight is 421 g/mol. The molecular formula is C25H32N4O2. The Balaban J connectivity index is 1.30. The Kier molecular flexibility index (Phi) is 7.18. The molecule has 2 amide bonds. The SMILES string of the molecule is O=C(NCc1ccc(N2CCCCC2)nc1)c1cccc(NC(=O)C2CCCCC2)c1. The van der Waals surface area contributed by atoms with Crippen molar-refractivity contribution in [2.45, 2.75) is 57.9 Å². The van der Waals surface area contributed by atoms with Crippen LogP contribution < -0.4 is 15.5 Å². The lowest BCUT2D eigenvalue weighted by molar-refractivity contribution is -0.120. The Morgan fingerprint density at radius 3 is 2.48 bits per heavy atom. The molecule has 164 valence electrons. The molecule has 0 atom stereocenters. The zero-order chi connectivity index (χ0) is 21.5. The van der Waals surface area contributed by atoms with E-state index in [1.54, 1.807) is 18.2 Å². The van der Waals surface area contributed by atoms with Crippen LogP contribution in [0.1, 0.15) is 67.3 Å². The van der Waals surface area contributed by atoms with Crippen molar-refractivity contribution in [2.75, 3.05) is 23.3 Å². The maximum absolute atomic E-state index is 12.6. The molecule has 1 saturated carbocycles. The van der Waals surface area contributed by atoms with E-state index < -0.39 is 0 Å². The summed E-state index contributed by atoms with van der Waals surface area (Å²) in [6, 6.07) is 11.2. The van der Waals surface area contributed by atoms with Crippen LogP contribution in [0.5, 0.6) is 0 Å². The van der Waals surface area contributed by atoms with E-state index in [1.165, 1.54) is 25.7 Å². The van der Waals surface area contributed by atoms with Crippen LogP contribution >= 0.6 is 0 Å². The largest absolute Gasteiger partial charge is 0.357 e. The van der Waals surface area contributed by atoms with Crippen LogP contribution in [-0.4, -0.2) is 29.9 Å². The van der Waals surface area contributed by atoms with Gasteiger partial charge in [-0.15, -0.1) is 0 Å². The van der Waals surface area contributed by atoms with Crippen LogP contribution in [0.2, 0.25) is 0 Å². The molecule has 31 heavy (non-hydrogen) atoms. The van der Waals surface area contributed by atoms with Crippen LogP contribution in [0, 0.1) is 5.92 Å². The fraction of sp³-hybridized carbons (Fsp3) is 0.480. The summed E-state index contributed by atoms with van der Waals surface area (Å²) < 4.78 is 0. The maximum atomic E-state index is 12.6. The molecule has 0 unspecified atom stereocenters. The van der Waals surface area contributed by atoms with Gasteiger partial charge in [-0.1, -0.05) is 31.4 Å². The molecule has 1 aromatic heterocycles. The summed E-state index contributed by atoms with van der Waals surface area (Å²) in [5.74, 6) is 1.01. The first-order valence-electron chi connectivity index (χ1n) is 11.6. The van der Waals surface area contributed by atoms with Crippen molar-refractivity contribution >= 4 is 23.3 Å². The van der Waals surface area contributed by atoms with Gasteiger partial charge in [0.15, 0.2) is 0 Å². The van der Waals surface area contributed by atoms with Gasteiger partial charge in [0.2, 0.25) is 5.91 Å². The molecule has 2 N–H and O–H groups in total. The van der Waals surface area contributed by atoms with E-state index in [2.05, 4.69) is 20.5 Å². The Morgan fingerprint density at radius 1 is 0.968 bits per heavy atom. The first-order valence-corrected chi connectivity index (χ1v) is 11.6. The van der Waals surface area contributed by atoms with E-state index in [1.807, 2.05) is 24.4 Å². The number of benzene rings is 1. The number of anilines is 2. The number of carbonyl (C=O) groups excluding carboxylic acids is 2. The second kappa shape index (κ2) is 10.4. The molecule has 2 aromatic rings. The molecular weight excluding hydrogens is 388 g/mol. The fourth-order valence-corrected chi connectivity index (χ4v) is 4.46. The molecule has 0 spiro atoms. The highest BCUT2D eigenvalue weighted by Gasteiger charge is 2.21. The maximum Gasteiger partial charge on any atom is 0.251 e. The molecule has 0 radical (unpaired) electrons. The van der Waals surface area contributed by atoms with Crippen molar-refractivity contribution in [1.82, 2.24) is 10.3 Å². The zero-order valence-corrected chi connectivity index (χ0v) is 18.1. The Hall–Kier alpha value is -2.89. The van der Waals surface area contributed by atoms with Crippen LogP contribution in [0.3, 0.4) is 0 Å². The zero-order valence-electron chi connectivity index (χ0n) is 18.1. The third-order valence-electron chi connectivity index (χ3n) is 6.31. The van der Waals surface area contributed by atoms with Gasteiger partial charge in [0.1, 0.15) is 5.82 Å². The van der Waals surface area contributed by atoms with E-state index in [9.17, 15) is 9.59 Å². The molecule has 0 bridgehead atoms. The minimum Gasteiger partial charge on any atom is -0.357 e. The van der Waals surface area contributed by atoms with Crippen LogP contribution in [0.25, 0.3) is 0 Å².